The minimum atomic E-state index is -2.03. The van der Waals surface area contributed by atoms with E-state index in [1.54, 1.807) is 0 Å². The van der Waals surface area contributed by atoms with E-state index in [0.29, 0.717) is 6.42 Å². The number of hydrogen-bond donors (Lipinski definition) is 2. The van der Waals surface area contributed by atoms with Gasteiger partial charge in [-0.15, -0.1) is 0 Å². The minimum Gasteiger partial charge on any atom is -0.412 e. The predicted molar refractivity (Wildman–Crippen MR) is 192 cm³/mol. The Balaban J connectivity index is 4.44. The van der Waals surface area contributed by atoms with E-state index in [1.807, 2.05) is 0 Å². The van der Waals surface area contributed by atoms with Crippen LogP contribution >= 0.6 is 0 Å². The van der Waals surface area contributed by atoms with E-state index in [1.165, 1.54) is 109 Å². The largest absolute Gasteiger partial charge is 0.412 e. The van der Waals surface area contributed by atoms with Crippen LogP contribution in [-0.4, -0.2) is 38.1 Å². The number of carbonyl (C=O) groups is 1. The third-order valence-electron chi connectivity index (χ3n) is 9.70. The van der Waals surface area contributed by atoms with Crippen LogP contribution in [-0.2, 0) is 9.22 Å². The number of rotatable bonds is 29. The average Bonchev–Trinajstić information content (AvgIpc) is 2.91. The molecule has 0 heterocycles. The Morgan fingerprint density at radius 2 is 0.977 bits per heavy atom. The van der Waals surface area contributed by atoms with E-state index in [0.717, 1.165) is 37.5 Å². The maximum atomic E-state index is 12.9. The Morgan fingerprint density at radius 1 is 0.628 bits per heavy atom. The van der Waals surface area contributed by atoms with E-state index in [9.17, 15) is 9.90 Å². The van der Waals surface area contributed by atoms with Crippen LogP contribution in [0.3, 0.4) is 0 Å². The van der Waals surface area contributed by atoms with Gasteiger partial charge in [0.2, 0.25) is 5.91 Å². The van der Waals surface area contributed by atoms with Gasteiger partial charge in [0.15, 0.2) is 8.32 Å². The van der Waals surface area contributed by atoms with Crippen LogP contribution in [0.5, 0.6) is 0 Å². The van der Waals surface area contributed by atoms with E-state index in [-0.39, 0.29) is 29.7 Å². The van der Waals surface area contributed by atoms with Gasteiger partial charge in [-0.1, -0.05) is 170 Å². The summed E-state index contributed by atoms with van der Waals surface area (Å²) in [6.07, 6.45) is 27.2. The molecular weight excluding hydrogens is 547 g/mol. The third kappa shape index (κ3) is 24.5. The van der Waals surface area contributed by atoms with Gasteiger partial charge >= 0.3 is 0 Å². The summed E-state index contributed by atoms with van der Waals surface area (Å²) in [5, 5.41) is 13.6. The first-order valence-corrected chi connectivity index (χ1v) is 21.8. The lowest BCUT2D eigenvalue weighted by Crippen LogP contribution is -2.53. The van der Waals surface area contributed by atoms with E-state index < -0.39 is 8.32 Å². The molecule has 0 aliphatic heterocycles. The number of amides is 1. The molecule has 0 aliphatic rings. The summed E-state index contributed by atoms with van der Waals surface area (Å²) in [4.78, 5) is 12.9. The Kier molecular flexibility index (Phi) is 25.5. The molecule has 4 nitrogen and oxygen atoms in total. The maximum absolute atomic E-state index is 12.9. The van der Waals surface area contributed by atoms with Crippen LogP contribution in [0.15, 0.2) is 0 Å². The second kappa shape index (κ2) is 25.8. The summed E-state index contributed by atoms with van der Waals surface area (Å²) < 4.78 is 6.84. The molecule has 0 spiro atoms. The first-order valence-electron chi connectivity index (χ1n) is 18.9. The summed E-state index contributed by atoms with van der Waals surface area (Å²) in [6.45, 7) is 20.6. The lowest BCUT2D eigenvalue weighted by molar-refractivity contribution is -0.123. The summed E-state index contributed by atoms with van der Waals surface area (Å²) in [5.74, 6) is 1.74. The van der Waals surface area contributed by atoms with E-state index >= 15 is 0 Å². The average molecular weight is 626 g/mol. The maximum Gasteiger partial charge on any atom is 0.220 e. The molecule has 0 aromatic carbocycles. The molecule has 0 saturated heterocycles. The number of carbonyl (C=O) groups excluding carboxylic acids is 1. The van der Waals surface area contributed by atoms with Crippen molar-refractivity contribution in [1.82, 2.24) is 5.32 Å². The minimum absolute atomic E-state index is 0.0565. The van der Waals surface area contributed by atoms with Crippen molar-refractivity contribution in [3.8, 4) is 0 Å². The van der Waals surface area contributed by atoms with Crippen molar-refractivity contribution in [3.05, 3.63) is 0 Å². The van der Waals surface area contributed by atoms with Crippen molar-refractivity contribution in [2.24, 2.45) is 11.8 Å². The van der Waals surface area contributed by atoms with Gasteiger partial charge in [-0.25, -0.2) is 0 Å². The summed E-state index contributed by atoms with van der Waals surface area (Å²) in [7, 11) is -2.03. The molecule has 0 rings (SSSR count). The summed E-state index contributed by atoms with van der Waals surface area (Å²) >= 11 is 0. The molecule has 43 heavy (non-hydrogen) atoms. The molecule has 0 saturated carbocycles. The zero-order valence-corrected chi connectivity index (χ0v) is 31.8. The highest BCUT2D eigenvalue weighted by Gasteiger charge is 2.40. The molecule has 0 aromatic rings. The Morgan fingerprint density at radius 3 is 1.33 bits per heavy atom. The van der Waals surface area contributed by atoms with Gasteiger partial charge in [0.25, 0.3) is 0 Å². The highest BCUT2D eigenvalue weighted by Crippen LogP contribution is 2.38. The smallest absolute Gasteiger partial charge is 0.220 e. The van der Waals surface area contributed by atoms with Crippen molar-refractivity contribution < 1.29 is 14.3 Å². The number of aliphatic hydroxyl groups excluding tert-OH is 1. The number of unbranched alkanes of at least 4 members (excludes halogenated alkanes) is 16. The quantitative estimate of drug-likeness (QED) is 0.0642. The van der Waals surface area contributed by atoms with Gasteiger partial charge in [0.05, 0.1) is 18.8 Å². The summed E-state index contributed by atoms with van der Waals surface area (Å²) in [6, 6.07) is -0.317. The number of aliphatic hydroxyl groups is 1. The molecule has 0 fully saturated rings. The van der Waals surface area contributed by atoms with Crippen molar-refractivity contribution in [2.75, 3.05) is 6.61 Å². The Bertz CT molecular complexity index is 644. The SMILES string of the molecule is CC(C)CCCCCCCCCCCC(=O)N[C@@H](CO)[C@@H](CCCCCCCCCCCC(C)C)O[Si](C)(C)C(C)(C)C. The van der Waals surface area contributed by atoms with Crippen LogP contribution in [0.1, 0.15) is 190 Å². The monoisotopic (exact) mass is 626 g/mol. The molecule has 0 aromatic heterocycles. The van der Waals surface area contributed by atoms with Crippen LogP contribution in [0, 0.1) is 11.8 Å². The van der Waals surface area contributed by atoms with Crippen LogP contribution < -0.4 is 5.32 Å². The molecule has 1 amide bonds. The second-order valence-electron chi connectivity index (χ2n) is 16.0. The normalized spacial score (nSPS) is 14.0. The molecule has 258 valence electrons. The van der Waals surface area contributed by atoms with Crippen LogP contribution in [0.25, 0.3) is 0 Å². The van der Waals surface area contributed by atoms with Crippen LogP contribution in [0.4, 0.5) is 0 Å². The van der Waals surface area contributed by atoms with Gasteiger partial charge < -0.3 is 14.8 Å². The lowest BCUT2D eigenvalue weighted by Gasteiger charge is -2.41. The molecule has 2 N–H and O–H groups in total. The highest BCUT2D eigenvalue weighted by molar-refractivity contribution is 6.74. The molecule has 2 atom stereocenters. The van der Waals surface area contributed by atoms with Crippen molar-refractivity contribution in [3.63, 3.8) is 0 Å². The van der Waals surface area contributed by atoms with Crippen LogP contribution in [0.2, 0.25) is 18.1 Å². The fourth-order valence-corrected chi connectivity index (χ4v) is 7.04. The number of nitrogens with one attached hydrogen (secondary N) is 1. The van der Waals surface area contributed by atoms with Gasteiger partial charge in [-0.05, 0) is 42.8 Å². The van der Waals surface area contributed by atoms with Gasteiger partial charge in [0, 0.05) is 6.42 Å². The zero-order valence-electron chi connectivity index (χ0n) is 30.8. The van der Waals surface area contributed by atoms with Gasteiger partial charge in [-0.3, -0.25) is 4.79 Å². The zero-order chi connectivity index (χ0) is 32.6. The third-order valence-corrected chi connectivity index (χ3v) is 14.2. The molecule has 5 heteroatoms. The fraction of sp³-hybridized carbons (Fsp3) is 0.974. The van der Waals surface area contributed by atoms with E-state index in [4.69, 9.17) is 4.43 Å². The molecule has 0 radical (unpaired) electrons. The van der Waals surface area contributed by atoms with Gasteiger partial charge in [-0.2, -0.15) is 0 Å². The topological polar surface area (TPSA) is 58.6 Å². The molecule has 0 bridgehead atoms. The van der Waals surface area contributed by atoms with Crippen molar-refractivity contribution in [2.45, 2.75) is 220 Å². The van der Waals surface area contributed by atoms with Crippen molar-refractivity contribution in [1.29, 1.82) is 0 Å². The predicted octanol–water partition coefficient (Wildman–Crippen LogP) is 11.7. The first kappa shape index (κ1) is 42.6. The lowest BCUT2D eigenvalue weighted by atomic mass is 10.0. The first-order chi connectivity index (χ1) is 20.3. The molecule has 0 aliphatic carbocycles. The standard InChI is InChI=1S/C38H79NO3Si/c1-33(2)28-24-20-16-12-10-14-18-22-26-30-36(42-43(8,9)38(5,6)7)35(32-40)39-37(41)31-27-23-19-15-11-13-17-21-25-29-34(3)4/h33-36,40H,10-32H2,1-9H3,(H,39,41)/t35-,36+/m0/s1. The second-order valence-corrected chi connectivity index (χ2v) is 20.8. The Labute approximate surface area is 271 Å². The van der Waals surface area contributed by atoms with Crippen molar-refractivity contribution >= 4 is 14.2 Å². The fourth-order valence-electron chi connectivity index (χ4n) is 5.64. The van der Waals surface area contributed by atoms with E-state index in [2.05, 4.69) is 66.9 Å². The Hall–Kier alpha value is -0.393. The van der Waals surface area contributed by atoms with Gasteiger partial charge in [0.1, 0.15) is 0 Å². The molecule has 0 unspecified atom stereocenters. The molecular formula is C38H79NO3Si. The highest BCUT2D eigenvalue weighted by atomic mass is 28.4. The number of hydrogen-bond acceptors (Lipinski definition) is 3. The summed E-state index contributed by atoms with van der Waals surface area (Å²) in [5.41, 5.74) is 0.